The van der Waals surface area contributed by atoms with E-state index in [0.717, 1.165) is 18.4 Å². The summed E-state index contributed by atoms with van der Waals surface area (Å²) in [7, 11) is 1.39. The minimum Gasteiger partial charge on any atom is -0.466 e. The van der Waals surface area contributed by atoms with E-state index in [1.807, 2.05) is 6.92 Å². The Morgan fingerprint density at radius 2 is 2.07 bits per heavy atom. The Morgan fingerprint density at radius 1 is 1.36 bits per heavy atom. The fourth-order valence-electron chi connectivity index (χ4n) is 1.03. The van der Waals surface area contributed by atoms with E-state index in [0.29, 0.717) is 0 Å². The van der Waals surface area contributed by atoms with E-state index < -0.39 is 0 Å². The first kappa shape index (κ1) is 12.9. The van der Waals surface area contributed by atoms with E-state index in [4.69, 9.17) is 0 Å². The Hall–Kier alpha value is -1.05. The molecule has 0 aromatic heterocycles. The molecule has 0 amide bonds. The molecule has 0 N–H and O–H groups in total. The second-order valence-electron chi connectivity index (χ2n) is 3.33. The lowest BCUT2D eigenvalue weighted by Gasteiger charge is -1.95. The molecule has 0 atom stereocenters. The van der Waals surface area contributed by atoms with Gasteiger partial charge in [0.1, 0.15) is 0 Å². The molecule has 0 aromatic rings. The van der Waals surface area contributed by atoms with Gasteiger partial charge >= 0.3 is 5.97 Å². The molecule has 0 aliphatic carbocycles. The van der Waals surface area contributed by atoms with Crippen LogP contribution in [0, 0.1) is 0 Å². The van der Waals surface area contributed by atoms with Crippen molar-refractivity contribution in [3.63, 3.8) is 0 Å². The molecule has 0 fully saturated rings. The molecule has 0 radical (unpaired) electrons. The first-order chi connectivity index (χ1) is 6.70. The van der Waals surface area contributed by atoms with Crippen molar-refractivity contribution in [1.82, 2.24) is 0 Å². The lowest BCUT2D eigenvalue weighted by molar-refractivity contribution is -0.134. The van der Waals surface area contributed by atoms with Crippen molar-refractivity contribution in [3.05, 3.63) is 23.8 Å². The van der Waals surface area contributed by atoms with Gasteiger partial charge < -0.3 is 4.74 Å². The van der Waals surface area contributed by atoms with E-state index in [-0.39, 0.29) is 5.97 Å². The third-order valence-electron chi connectivity index (χ3n) is 1.90. The highest BCUT2D eigenvalue weighted by atomic mass is 16.5. The van der Waals surface area contributed by atoms with E-state index in [1.54, 1.807) is 0 Å². The topological polar surface area (TPSA) is 26.3 Å². The quantitative estimate of drug-likeness (QED) is 0.282. The van der Waals surface area contributed by atoms with Crippen LogP contribution in [0.5, 0.6) is 0 Å². The largest absolute Gasteiger partial charge is 0.466 e. The van der Waals surface area contributed by atoms with E-state index >= 15 is 0 Å². The van der Waals surface area contributed by atoms with Gasteiger partial charge in [-0.1, -0.05) is 37.5 Å². The molecule has 0 saturated carbocycles. The highest BCUT2D eigenvalue weighted by Crippen LogP contribution is 2.03. The standard InChI is InChI=1S/C12H20O2/c1-4-5-6-7-8-9-11(2)10-12(13)14-3/h7-8,10H,4-6,9H2,1-3H3. The molecule has 0 heterocycles. The third kappa shape index (κ3) is 7.59. The molecule has 0 aliphatic rings. The number of ether oxygens (including phenoxy) is 1. The number of allylic oxidation sites excluding steroid dienone is 3. The Kier molecular flexibility index (Phi) is 7.90. The Morgan fingerprint density at radius 3 is 2.64 bits per heavy atom. The zero-order valence-electron chi connectivity index (χ0n) is 9.38. The summed E-state index contributed by atoms with van der Waals surface area (Å²) < 4.78 is 4.53. The van der Waals surface area contributed by atoms with Gasteiger partial charge in [-0.3, -0.25) is 0 Å². The van der Waals surface area contributed by atoms with Gasteiger partial charge in [0, 0.05) is 6.08 Å². The van der Waals surface area contributed by atoms with Gasteiger partial charge in [0.15, 0.2) is 0 Å². The van der Waals surface area contributed by atoms with Gasteiger partial charge in [-0.05, 0) is 19.8 Å². The van der Waals surface area contributed by atoms with Gasteiger partial charge in [-0.2, -0.15) is 0 Å². The van der Waals surface area contributed by atoms with Crippen LogP contribution in [0.3, 0.4) is 0 Å². The van der Waals surface area contributed by atoms with Crippen LogP contribution in [0.25, 0.3) is 0 Å². The zero-order chi connectivity index (χ0) is 10.8. The minimum atomic E-state index is -0.274. The molecule has 0 spiro atoms. The van der Waals surface area contributed by atoms with Crippen LogP contribution in [0.2, 0.25) is 0 Å². The summed E-state index contributed by atoms with van der Waals surface area (Å²) in [6.07, 6.45) is 10.2. The lowest BCUT2D eigenvalue weighted by Crippen LogP contribution is -1.95. The number of hydrogen-bond acceptors (Lipinski definition) is 2. The van der Waals surface area contributed by atoms with Gasteiger partial charge in [-0.25, -0.2) is 4.79 Å². The molecular formula is C12H20O2. The monoisotopic (exact) mass is 196 g/mol. The maximum atomic E-state index is 10.8. The van der Waals surface area contributed by atoms with Crippen molar-refractivity contribution in [1.29, 1.82) is 0 Å². The van der Waals surface area contributed by atoms with Crippen molar-refractivity contribution < 1.29 is 9.53 Å². The molecule has 0 aromatic carbocycles. The van der Waals surface area contributed by atoms with Crippen molar-refractivity contribution in [2.24, 2.45) is 0 Å². The number of carbonyl (C=O) groups excluding carboxylic acids is 1. The number of methoxy groups -OCH3 is 1. The summed E-state index contributed by atoms with van der Waals surface area (Å²) in [5, 5.41) is 0. The highest BCUT2D eigenvalue weighted by molar-refractivity contribution is 5.82. The zero-order valence-corrected chi connectivity index (χ0v) is 9.38. The van der Waals surface area contributed by atoms with Gasteiger partial charge in [0.2, 0.25) is 0 Å². The molecule has 0 bridgehead atoms. The van der Waals surface area contributed by atoms with Crippen LogP contribution in [0.1, 0.15) is 39.5 Å². The summed E-state index contributed by atoms with van der Waals surface area (Å²) >= 11 is 0. The van der Waals surface area contributed by atoms with E-state index in [1.165, 1.54) is 26.0 Å². The van der Waals surface area contributed by atoms with Crippen LogP contribution in [0.15, 0.2) is 23.8 Å². The Balaban J connectivity index is 3.72. The second-order valence-corrected chi connectivity index (χ2v) is 3.33. The van der Waals surface area contributed by atoms with Crippen molar-refractivity contribution in [2.75, 3.05) is 7.11 Å². The molecule has 14 heavy (non-hydrogen) atoms. The molecular weight excluding hydrogens is 176 g/mol. The molecule has 0 unspecified atom stereocenters. The predicted octanol–water partition coefficient (Wildman–Crippen LogP) is 3.24. The van der Waals surface area contributed by atoms with Gasteiger partial charge in [0.05, 0.1) is 7.11 Å². The number of hydrogen-bond donors (Lipinski definition) is 0. The summed E-state index contributed by atoms with van der Waals surface area (Å²) in [6.45, 7) is 4.11. The molecule has 0 saturated heterocycles. The SMILES string of the molecule is CCCCC=CCC(C)=CC(=O)OC. The van der Waals surface area contributed by atoms with Crippen molar-refractivity contribution in [2.45, 2.75) is 39.5 Å². The van der Waals surface area contributed by atoms with E-state index in [2.05, 4.69) is 23.8 Å². The van der Waals surface area contributed by atoms with E-state index in [9.17, 15) is 4.79 Å². The fourth-order valence-corrected chi connectivity index (χ4v) is 1.03. The number of unbranched alkanes of at least 4 members (excludes halogenated alkanes) is 2. The number of carbonyl (C=O) groups is 1. The van der Waals surface area contributed by atoms with Gasteiger partial charge in [0.25, 0.3) is 0 Å². The average molecular weight is 196 g/mol. The number of esters is 1. The second kappa shape index (κ2) is 8.54. The molecule has 2 heteroatoms. The maximum absolute atomic E-state index is 10.8. The number of rotatable bonds is 6. The average Bonchev–Trinajstić information content (AvgIpc) is 2.17. The molecule has 80 valence electrons. The van der Waals surface area contributed by atoms with Crippen molar-refractivity contribution >= 4 is 5.97 Å². The minimum absolute atomic E-state index is 0.274. The molecule has 0 rings (SSSR count). The van der Waals surface area contributed by atoms with Crippen LogP contribution in [-0.4, -0.2) is 13.1 Å². The Labute approximate surface area is 86.6 Å². The first-order valence-corrected chi connectivity index (χ1v) is 5.10. The third-order valence-corrected chi connectivity index (χ3v) is 1.90. The van der Waals surface area contributed by atoms with Gasteiger partial charge in [-0.15, -0.1) is 0 Å². The summed E-state index contributed by atoms with van der Waals surface area (Å²) in [4.78, 5) is 10.8. The summed E-state index contributed by atoms with van der Waals surface area (Å²) in [5.41, 5.74) is 1.03. The van der Waals surface area contributed by atoms with Crippen molar-refractivity contribution in [3.8, 4) is 0 Å². The molecule has 0 aliphatic heterocycles. The Bertz CT molecular complexity index is 214. The molecule has 2 nitrogen and oxygen atoms in total. The maximum Gasteiger partial charge on any atom is 0.330 e. The predicted molar refractivity (Wildman–Crippen MR) is 59.1 cm³/mol. The first-order valence-electron chi connectivity index (χ1n) is 5.10. The van der Waals surface area contributed by atoms with Crippen LogP contribution < -0.4 is 0 Å². The lowest BCUT2D eigenvalue weighted by atomic mass is 10.1. The summed E-state index contributed by atoms with van der Waals surface area (Å²) in [5.74, 6) is -0.274. The smallest absolute Gasteiger partial charge is 0.330 e. The highest BCUT2D eigenvalue weighted by Gasteiger charge is 1.93. The normalized spacial score (nSPS) is 12.1. The summed E-state index contributed by atoms with van der Waals surface area (Å²) in [6, 6.07) is 0. The fraction of sp³-hybridized carbons (Fsp3) is 0.583. The van der Waals surface area contributed by atoms with Crippen LogP contribution >= 0.6 is 0 Å². The van der Waals surface area contributed by atoms with Crippen LogP contribution in [-0.2, 0) is 9.53 Å². The van der Waals surface area contributed by atoms with Crippen LogP contribution in [0.4, 0.5) is 0 Å².